The van der Waals surface area contributed by atoms with Crippen molar-refractivity contribution in [1.82, 2.24) is 5.32 Å². The minimum atomic E-state index is -0.263. The van der Waals surface area contributed by atoms with Crippen LogP contribution >= 0.6 is 15.9 Å². The number of Topliss-reactive ketones (excluding diaryl/α,β-unsaturated/α-hetero) is 1. The van der Waals surface area contributed by atoms with E-state index in [2.05, 4.69) is 21.2 Å². The molecule has 86 valence electrons. The highest BCUT2D eigenvalue weighted by Gasteiger charge is 2.22. The van der Waals surface area contributed by atoms with Crippen molar-refractivity contribution >= 4 is 21.7 Å². The molecule has 1 aromatic carbocycles. The van der Waals surface area contributed by atoms with Crippen molar-refractivity contribution in [3.8, 4) is 0 Å². The van der Waals surface area contributed by atoms with Crippen molar-refractivity contribution in [1.29, 1.82) is 0 Å². The van der Waals surface area contributed by atoms with E-state index in [0.717, 1.165) is 16.6 Å². The molecule has 1 aliphatic heterocycles. The van der Waals surface area contributed by atoms with Crippen molar-refractivity contribution < 1.29 is 9.18 Å². The number of ketones is 1. The average Bonchev–Trinajstić information content (AvgIpc) is 2.20. The molecule has 0 bridgehead atoms. The summed E-state index contributed by atoms with van der Waals surface area (Å²) >= 11 is 3.25. The van der Waals surface area contributed by atoms with Gasteiger partial charge in [-0.1, -0.05) is 15.9 Å². The van der Waals surface area contributed by atoms with Crippen LogP contribution in [0.2, 0.25) is 0 Å². The van der Waals surface area contributed by atoms with Crippen LogP contribution in [0, 0.1) is 11.7 Å². The Kier molecular flexibility index (Phi) is 3.71. The van der Waals surface area contributed by atoms with Gasteiger partial charge in [0.25, 0.3) is 0 Å². The first kappa shape index (κ1) is 11.7. The predicted octanol–water partition coefficient (Wildman–Crippen LogP) is 2.31. The Bertz CT molecular complexity index is 388. The van der Waals surface area contributed by atoms with Crippen LogP contribution in [0.1, 0.15) is 12.0 Å². The maximum Gasteiger partial charge on any atom is 0.138 e. The van der Waals surface area contributed by atoms with Gasteiger partial charge >= 0.3 is 0 Å². The normalized spacial score (nSPS) is 21.1. The number of piperidine rings is 1. The maximum atomic E-state index is 13.1. The average molecular weight is 286 g/mol. The molecule has 1 fully saturated rings. The van der Waals surface area contributed by atoms with Gasteiger partial charge in [0.15, 0.2) is 0 Å². The lowest BCUT2D eigenvalue weighted by Crippen LogP contribution is -2.37. The molecule has 0 aliphatic carbocycles. The van der Waals surface area contributed by atoms with Gasteiger partial charge in [0.05, 0.1) is 0 Å². The quantitative estimate of drug-likeness (QED) is 0.904. The molecule has 1 unspecified atom stereocenters. The number of carbonyl (C=O) groups excluding carboxylic acids is 1. The highest BCUT2D eigenvalue weighted by atomic mass is 79.9. The van der Waals surface area contributed by atoms with Gasteiger partial charge in [-0.3, -0.25) is 4.79 Å². The van der Waals surface area contributed by atoms with Gasteiger partial charge in [-0.05, 0) is 30.2 Å². The van der Waals surface area contributed by atoms with E-state index in [-0.39, 0.29) is 17.5 Å². The number of carbonyl (C=O) groups is 1. The maximum absolute atomic E-state index is 13.1. The summed E-state index contributed by atoms with van der Waals surface area (Å²) in [7, 11) is 0. The van der Waals surface area contributed by atoms with E-state index in [0.29, 0.717) is 19.4 Å². The lowest BCUT2D eigenvalue weighted by molar-refractivity contribution is -0.123. The molecule has 4 heteroatoms. The molecule has 0 amide bonds. The molecular formula is C12H13BrFNO. The van der Waals surface area contributed by atoms with E-state index in [1.54, 1.807) is 0 Å². The van der Waals surface area contributed by atoms with Gasteiger partial charge < -0.3 is 5.32 Å². The number of benzene rings is 1. The topological polar surface area (TPSA) is 29.1 Å². The van der Waals surface area contributed by atoms with Crippen LogP contribution in [0.4, 0.5) is 4.39 Å². The van der Waals surface area contributed by atoms with Gasteiger partial charge in [0.1, 0.15) is 11.6 Å². The fraction of sp³-hybridized carbons (Fsp3) is 0.417. The zero-order chi connectivity index (χ0) is 11.5. The summed E-state index contributed by atoms with van der Waals surface area (Å²) in [6, 6.07) is 4.78. The first-order valence-electron chi connectivity index (χ1n) is 5.33. The molecule has 1 aromatic rings. The summed E-state index contributed by atoms with van der Waals surface area (Å²) in [5.74, 6) is 0.00202. The summed E-state index contributed by atoms with van der Waals surface area (Å²) in [6.45, 7) is 1.47. The Morgan fingerprint density at radius 3 is 2.94 bits per heavy atom. The number of rotatable bonds is 2. The molecule has 16 heavy (non-hydrogen) atoms. The van der Waals surface area contributed by atoms with Crippen LogP contribution < -0.4 is 5.32 Å². The van der Waals surface area contributed by atoms with Gasteiger partial charge in [0, 0.05) is 29.9 Å². The SMILES string of the molecule is O=C1CCNCC1Cc1cc(F)cc(Br)c1. The van der Waals surface area contributed by atoms with Crippen molar-refractivity contribution in [3.05, 3.63) is 34.1 Å². The van der Waals surface area contributed by atoms with Crippen LogP contribution in [-0.2, 0) is 11.2 Å². The van der Waals surface area contributed by atoms with Gasteiger partial charge in [0.2, 0.25) is 0 Å². The van der Waals surface area contributed by atoms with Gasteiger partial charge in [-0.15, -0.1) is 0 Å². The van der Waals surface area contributed by atoms with Gasteiger partial charge in [-0.25, -0.2) is 4.39 Å². The molecule has 0 saturated carbocycles. The van der Waals surface area contributed by atoms with Crippen LogP contribution in [0.3, 0.4) is 0 Å². The second kappa shape index (κ2) is 5.06. The van der Waals surface area contributed by atoms with E-state index in [1.165, 1.54) is 12.1 Å². The van der Waals surface area contributed by atoms with E-state index >= 15 is 0 Å². The first-order chi connectivity index (χ1) is 7.65. The third kappa shape index (κ3) is 2.89. The standard InChI is InChI=1S/C12H13BrFNO/c13-10-4-8(5-11(14)6-10)3-9-7-15-2-1-12(9)16/h4-6,9,15H,1-3,7H2. The molecule has 1 aliphatic rings. The summed E-state index contributed by atoms with van der Waals surface area (Å²) in [6.07, 6.45) is 1.20. The molecule has 2 rings (SSSR count). The Morgan fingerprint density at radius 2 is 2.25 bits per heavy atom. The summed E-state index contributed by atoms with van der Waals surface area (Å²) in [4.78, 5) is 11.6. The molecule has 0 radical (unpaired) electrons. The van der Waals surface area contributed by atoms with Crippen molar-refractivity contribution in [3.63, 3.8) is 0 Å². The third-order valence-corrected chi connectivity index (χ3v) is 3.26. The number of hydrogen-bond donors (Lipinski definition) is 1. The largest absolute Gasteiger partial charge is 0.316 e. The lowest BCUT2D eigenvalue weighted by Gasteiger charge is -2.21. The molecule has 0 aromatic heterocycles. The highest BCUT2D eigenvalue weighted by molar-refractivity contribution is 9.10. The minimum absolute atomic E-state index is 0.0116. The molecule has 2 nitrogen and oxygen atoms in total. The summed E-state index contributed by atoms with van der Waals surface area (Å²) < 4.78 is 13.9. The number of nitrogens with one attached hydrogen (secondary N) is 1. The molecule has 1 N–H and O–H groups in total. The number of hydrogen-bond acceptors (Lipinski definition) is 2. The molecule has 1 atom stereocenters. The zero-order valence-electron chi connectivity index (χ0n) is 8.80. The fourth-order valence-electron chi connectivity index (χ4n) is 2.01. The number of halogens is 2. The summed E-state index contributed by atoms with van der Waals surface area (Å²) in [5, 5.41) is 3.19. The Hall–Kier alpha value is -0.740. The van der Waals surface area contributed by atoms with E-state index in [1.807, 2.05) is 6.07 Å². The molecular weight excluding hydrogens is 273 g/mol. The monoisotopic (exact) mass is 285 g/mol. The van der Waals surface area contributed by atoms with E-state index in [4.69, 9.17) is 0 Å². The molecule has 1 heterocycles. The van der Waals surface area contributed by atoms with Crippen LogP contribution in [0.5, 0.6) is 0 Å². The minimum Gasteiger partial charge on any atom is -0.316 e. The van der Waals surface area contributed by atoms with Crippen molar-refractivity contribution in [2.75, 3.05) is 13.1 Å². The third-order valence-electron chi connectivity index (χ3n) is 2.80. The van der Waals surface area contributed by atoms with Crippen LogP contribution in [-0.4, -0.2) is 18.9 Å². The molecule has 1 saturated heterocycles. The second-order valence-electron chi connectivity index (χ2n) is 4.10. The highest BCUT2D eigenvalue weighted by Crippen LogP contribution is 2.19. The van der Waals surface area contributed by atoms with E-state index in [9.17, 15) is 9.18 Å². The summed E-state index contributed by atoms with van der Waals surface area (Å²) in [5.41, 5.74) is 0.869. The van der Waals surface area contributed by atoms with Crippen LogP contribution in [0.25, 0.3) is 0 Å². The second-order valence-corrected chi connectivity index (χ2v) is 5.01. The Balaban J connectivity index is 2.10. The van der Waals surface area contributed by atoms with Crippen molar-refractivity contribution in [2.45, 2.75) is 12.8 Å². The zero-order valence-corrected chi connectivity index (χ0v) is 10.4. The lowest BCUT2D eigenvalue weighted by atomic mass is 9.91. The fourth-order valence-corrected chi connectivity index (χ4v) is 2.52. The van der Waals surface area contributed by atoms with Gasteiger partial charge in [-0.2, -0.15) is 0 Å². The predicted molar refractivity (Wildman–Crippen MR) is 63.8 cm³/mol. The van der Waals surface area contributed by atoms with Crippen molar-refractivity contribution in [2.24, 2.45) is 5.92 Å². The molecule has 0 spiro atoms. The smallest absolute Gasteiger partial charge is 0.138 e. The van der Waals surface area contributed by atoms with Crippen LogP contribution in [0.15, 0.2) is 22.7 Å². The van der Waals surface area contributed by atoms with E-state index < -0.39 is 0 Å². The Labute approximate surface area is 102 Å². The first-order valence-corrected chi connectivity index (χ1v) is 6.13. The Morgan fingerprint density at radius 1 is 1.44 bits per heavy atom.